The second-order valence-corrected chi connectivity index (χ2v) is 4.76. The normalized spacial score (nSPS) is 19.3. The molecule has 82 valence electrons. The molecular formula is C12H16ClNO. The van der Waals surface area contributed by atoms with Crippen LogP contribution in [-0.2, 0) is 5.41 Å². The van der Waals surface area contributed by atoms with Crippen molar-refractivity contribution < 1.29 is 5.11 Å². The number of phenols is 1. The smallest absolute Gasteiger partial charge is 0.134 e. The molecule has 1 aromatic carbocycles. The fraction of sp³-hybridized carbons (Fsp3) is 0.500. The highest BCUT2D eigenvalue weighted by atomic mass is 35.5. The van der Waals surface area contributed by atoms with Crippen molar-refractivity contribution in [2.45, 2.75) is 31.1 Å². The highest BCUT2D eigenvalue weighted by Crippen LogP contribution is 2.41. The maximum absolute atomic E-state index is 9.38. The van der Waals surface area contributed by atoms with E-state index in [1.165, 1.54) is 18.4 Å². The number of halogens is 1. The van der Waals surface area contributed by atoms with Gasteiger partial charge >= 0.3 is 0 Å². The number of phenolic OH excluding ortho intramolecular Hbond substituents is 1. The SMILES string of the molecule is NCC1(c2ccc(O)c(Cl)c2)CCCC1. The first-order valence-corrected chi connectivity index (χ1v) is 5.75. The van der Waals surface area contributed by atoms with Gasteiger partial charge in [-0.15, -0.1) is 0 Å². The van der Waals surface area contributed by atoms with Crippen LogP contribution in [0.25, 0.3) is 0 Å². The van der Waals surface area contributed by atoms with Crippen LogP contribution in [0, 0.1) is 0 Å². The average molecular weight is 226 g/mol. The highest BCUT2D eigenvalue weighted by molar-refractivity contribution is 6.32. The zero-order valence-corrected chi connectivity index (χ0v) is 9.43. The summed E-state index contributed by atoms with van der Waals surface area (Å²) >= 11 is 5.92. The summed E-state index contributed by atoms with van der Waals surface area (Å²) in [6, 6.07) is 5.46. The largest absolute Gasteiger partial charge is 0.506 e. The van der Waals surface area contributed by atoms with Gasteiger partial charge in [0.15, 0.2) is 0 Å². The van der Waals surface area contributed by atoms with E-state index in [2.05, 4.69) is 0 Å². The summed E-state index contributed by atoms with van der Waals surface area (Å²) in [5, 5.41) is 9.80. The molecule has 2 nitrogen and oxygen atoms in total. The van der Waals surface area contributed by atoms with Gasteiger partial charge in [0, 0.05) is 12.0 Å². The molecule has 3 N–H and O–H groups in total. The molecule has 0 aliphatic heterocycles. The first-order chi connectivity index (χ1) is 7.18. The maximum atomic E-state index is 9.38. The molecule has 1 aromatic rings. The van der Waals surface area contributed by atoms with Crippen molar-refractivity contribution in [2.75, 3.05) is 6.54 Å². The standard InChI is InChI=1S/C12H16ClNO/c13-10-7-9(3-4-11(10)15)12(8-14)5-1-2-6-12/h3-4,7,15H,1-2,5-6,8,14H2. The number of rotatable bonds is 2. The number of hydrogen-bond donors (Lipinski definition) is 2. The lowest BCUT2D eigenvalue weighted by molar-refractivity contribution is 0.448. The minimum atomic E-state index is 0.0946. The van der Waals surface area contributed by atoms with E-state index in [4.69, 9.17) is 17.3 Å². The van der Waals surface area contributed by atoms with Crippen LogP contribution >= 0.6 is 11.6 Å². The first-order valence-electron chi connectivity index (χ1n) is 5.37. The molecule has 0 heterocycles. The van der Waals surface area contributed by atoms with E-state index in [0.717, 1.165) is 12.8 Å². The summed E-state index contributed by atoms with van der Waals surface area (Å²) in [4.78, 5) is 0. The van der Waals surface area contributed by atoms with E-state index in [9.17, 15) is 5.11 Å². The monoisotopic (exact) mass is 225 g/mol. The minimum absolute atomic E-state index is 0.0946. The molecule has 15 heavy (non-hydrogen) atoms. The lowest BCUT2D eigenvalue weighted by atomic mass is 9.79. The van der Waals surface area contributed by atoms with E-state index < -0.39 is 0 Å². The van der Waals surface area contributed by atoms with Crippen molar-refractivity contribution in [2.24, 2.45) is 5.73 Å². The summed E-state index contributed by atoms with van der Waals surface area (Å²) in [5.74, 6) is 0.144. The lowest BCUT2D eigenvalue weighted by Crippen LogP contribution is -2.31. The molecule has 0 amide bonds. The van der Waals surface area contributed by atoms with Crippen molar-refractivity contribution in [1.82, 2.24) is 0 Å². The third kappa shape index (κ3) is 1.84. The average Bonchev–Trinajstić information content (AvgIpc) is 2.72. The van der Waals surface area contributed by atoms with E-state index in [1.54, 1.807) is 6.07 Å². The lowest BCUT2D eigenvalue weighted by Gasteiger charge is -2.28. The topological polar surface area (TPSA) is 46.2 Å². The van der Waals surface area contributed by atoms with Gasteiger partial charge in [-0.1, -0.05) is 30.5 Å². The van der Waals surface area contributed by atoms with Gasteiger partial charge in [-0.05, 0) is 30.5 Å². The maximum Gasteiger partial charge on any atom is 0.134 e. The molecule has 1 fully saturated rings. The van der Waals surface area contributed by atoms with Crippen LogP contribution in [0.15, 0.2) is 18.2 Å². The summed E-state index contributed by atoms with van der Waals surface area (Å²) in [6.07, 6.45) is 4.72. The molecule has 0 aromatic heterocycles. The van der Waals surface area contributed by atoms with E-state index in [0.29, 0.717) is 11.6 Å². The number of nitrogens with two attached hydrogens (primary N) is 1. The molecule has 1 aliphatic rings. The van der Waals surface area contributed by atoms with Gasteiger partial charge < -0.3 is 10.8 Å². The van der Waals surface area contributed by atoms with Crippen molar-refractivity contribution in [1.29, 1.82) is 0 Å². The van der Waals surface area contributed by atoms with Gasteiger partial charge in [0.05, 0.1) is 5.02 Å². The summed E-state index contributed by atoms with van der Waals surface area (Å²) in [6.45, 7) is 0.661. The Morgan fingerprint density at radius 3 is 2.53 bits per heavy atom. The molecule has 0 bridgehead atoms. The highest BCUT2D eigenvalue weighted by Gasteiger charge is 2.34. The van der Waals surface area contributed by atoms with Gasteiger partial charge in [-0.3, -0.25) is 0 Å². The molecule has 0 radical (unpaired) electrons. The Labute approximate surface area is 95.1 Å². The summed E-state index contributed by atoms with van der Waals surface area (Å²) in [7, 11) is 0. The molecule has 0 spiro atoms. The van der Waals surface area contributed by atoms with Crippen molar-refractivity contribution in [3.05, 3.63) is 28.8 Å². The predicted octanol–water partition coefficient (Wildman–Crippen LogP) is 2.82. The van der Waals surface area contributed by atoms with Crippen LogP contribution in [0.4, 0.5) is 0 Å². The predicted molar refractivity (Wildman–Crippen MR) is 62.3 cm³/mol. The Bertz CT molecular complexity index is 359. The van der Waals surface area contributed by atoms with E-state index in [-0.39, 0.29) is 11.2 Å². The zero-order valence-electron chi connectivity index (χ0n) is 8.67. The Morgan fingerprint density at radius 1 is 1.33 bits per heavy atom. The molecule has 0 unspecified atom stereocenters. The molecule has 0 atom stereocenters. The van der Waals surface area contributed by atoms with Gasteiger partial charge in [0.2, 0.25) is 0 Å². The van der Waals surface area contributed by atoms with Gasteiger partial charge in [0.1, 0.15) is 5.75 Å². The molecule has 2 rings (SSSR count). The molecule has 0 saturated heterocycles. The fourth-order valence-electron chi connectivity index (χ4n) is 2.50. The Kier molecular flexibility index (Phi) is 2.89. The van der Waals surface area contributed by atoms with Gasteiger partial charge in [0.25, 0.3) is 0 Å². The van der Waals surface area contributed by atoms with Crippen molar-refractivity contribution >= 4 is 11.6 Å². The van der Waals surface area contributed by atoms with Crippen LogP contribution in [0.3, 0.4) is 0 Å². The fourth-order valence-corrected chi connectivity index (χ4v) is 2.68. The summed E-state index contributed by atoms with van der Waals surface area (Å²) < 4.78 is 0. The zero-order chi connectivity index (χ0) is 10.9. The van der Waals surface area contributed by atoms with Gasteiger partial charge in [-0.2, -0.15) is 0 Å². The molecule has 1 aliphatic carbocycles. The number of benzene rings is 1. The van der Waals surface area contributed by atoms with Crippen LogP contribution in [0.1, 0.15) is 31.2 Å². The van der Waals surface area contributed by atoms with Crippen LogP contribution in [0.5, 0.6) is 5.75 Å². The quantitative estimate of drug-likeness (QED) is 0.813. The summed E-state index contributed by atoms with van der Waals surface area (Å²) in [5.41, 5.74) is 7.15. The Hall–Kier alpha value is -0.730. The second-order valence-electron chi connectivity index (χ2n) is 4.36. The second kappa shape index (κ2) is 4.03. The van der Waals surface area contributed by atoms with Crippen LogP contribution in [-0.4, -0.2) is 11.7 Å². The molecular weight excluding hydrogens is 210 g/mol. The van der Waals surface area contributed by atoms with E-state index >= 15 is 0 Å². The van der Waals surface area contributed by atoms with Gasteiger partial charge in [-0.25, -0.2) is 0 Å². The van der Waals surface area contributed by atoms with Crippen molar-refractivity contribution in [3.8, 4) is 5.75 Å². The third-order valence-electron chi connectivity index (χ3n) is 3.51. The molecule has 1 saturated carbocycles. The number of hydrogen-bond acceptors (Lipinski definition) is 2. The first kappa shape index (κ1) is 10.8. The third-order valence-corrected chi connectivity index (χ3v) is 3.81. The van der Waals surface area contributed by atoms with E-state index in [1.807, 2.05) is 12.1 Å². The molecule has 3 heteroatoms. The van der Waals surface area contributed by atoms with Crippen LogP contribution in [0.2, 0.25) is 5.02 Å². The number of aromatic hydroxyl groups is 1. The minimum Gasteiger partial charge on any atom is -0.506 e. The Balaban J connectivity index is 2.38. The Morgan fingerprint density at radius 2 is 2.00 bits per heavy atom. The van der Waals surface area contributed by atoms with Crippen LogP contribution < -0.4 is 5.73 Å². The van der Waals surface area contributed by atoms with Crippen molar-refractivity contribution in [3.63, 3.8) is 0 Å².